The first-order chi connectivity index (χ1) is 23.4. The van der Waals surface area contributed by atoms with Crippen molar-refractivity contribution >= 4 is 22.7 Å². The van der Waals surface area contributed by atoms with Crippen LogP contribution in [-0.4, -0.2) is 48.0 Å². The summed E-state index contributed by atoms with van der Waals surface area (Å²) in [7, 11) is -4.65. The van der Waals surface area contributed by atoms with Gasteiger partial charge in [0.25, 0.3) is 8.32 Å². The van der Waals surface area contributed by atoms with Crippen LogP contribution in [0.2, 0.25) is 36.3 Å². The fourth-order valence-electron chi connectivity index (χ4n) is 5.63. The fourth-order valence-corrected chi connectivity index (χ4v) is 7.81. The van der Waals surface area contributed by atoms with Crippen LogP contribution >= 0.6 is 0 Å². The monoisotopic (exact) mass is 716 g/mol. The van der Waals surface area contributed by atoms with E-state index in [1.54, 1.807) is 6.08 Å². The van der Waals surface area contributed by atoms with Gasteiger partial charge in [-0.3, -0.25) is 0 Å². The van der Waals surface area contributed by atoms with Crippen molar-refractivity contribution < 1.29 is 23.1 Å². The molecule has 0 fully saturated rings. The molecule has 7 nitrogen and oxygen atoms in total. The van der Waals surface area contributed by atoms with Gasteiger partial charge in [0.1, 0.15) is 11.5 Å². The Morgan fingerprint density at radius 2 is 1.48 bits per heavy atom. The van der Waals surface area contributed by atoms with Gasteiger partial charge in [-0.15, -0.1) is 6.58 Å². The molecule has 0 aliphatic heterocycles. The molecule has 0 bridgehead atoms. The number of benzene rings is 3. The maximum atomic E-state index is 13.7. The molecule has 4 rings (SSSR count). The molecule has 0 saturated carbocycles. The number of fused-ring (bicyclic) bond motifs is 1. The highest BCUT2D eigenvalue weighted by Gasteiger charge is 2.44. The number of carbonyl (C=O) groups excluding carboxylic acids is 1. The summed E-state index contributed by atoms with van der Waals surface area (Å²) >= 11 is 0. The minimum Gasteiger partial charge on any atom is -0.504 e. The second-order valence-electron chi connectivity index (χ2n) is 16.5. The van der Waals surface area contributed by atoms with Gasteiger partial charge in [0.05, 0.1) is 24.9 Å². The van der Waals surface area contributed by atoms with Crippen molar-refractivity contribution in [2.45, 2.75) is 115 Å². The summed E-state index contributed by atoms with van der Waals surface area (Å²) in [6, 6.07) is 26.0. The molecule has 50 heavy (non-hydrogen) atoms. The number of nitrogens with one attached hydrogen (secondary N) is 2. The van der Waals surface area contributed by atoms with Gasteiger partial charge in [0.15, 0.2) is 8.32 Å². The van der Waals surface area contributed by atoms with Crippen LogP contribution in [0.5, 0.6) is 11.5 Å². The Kier molecular flexibility index (Phi) is 13.0. The Morgan fingerprint density at radius 3 is 2.08 bits per heavy atom. The molecule has 272 valence electrons. The predicted molar refractivity (Wildman–Crippen MR) is 210 cm³/mol. The predicted octanol–water partition coefficient (Wildman–Crippen LogP) is 10.5. The van der Waals surface area contributed by atoms with E-state index in [1.165, 1.54) is 0 Å². The van der Waals surface area contributed by atoms with Crippen molar-refractivity contribution in [1.29, 1.82) is 0 Å². The van der Waals surface area contributed by atoms with Crippen LogP contribution < -0.4 is 15.4 Å². The van der Waals surface area contributed by atoms with E-state index in [0.717, 1.165) is 34.6 Å². The molecule has 3 aromatic carbocycles. The van der Waals surface area contributed by atoms with Gasteiger partial charge in [-0.25, -0.2) is 4.79 Å². The number of ether oxygens (including phenoxy) is 2. The van der Waals surface area contributed by atoms with Gasteiger partial charge in [-0.1, -0.05) is 102 Å². The lowest BCUT2D eigenvalue weighted by molar-refractivity contribution is 0.0677. The van der Waals surface area contributed by atoms with Crippen LogP contribution in [0.3, 0.4) is 0 Å². The van der Waals surface area contributed by atoms with E-state index in [-0.39, 0.29) is 40.5 Å². The highest BCUT2D eigenvalue weighted by Crippen LogP contribution is 2.44. The van der Waals surface area contributed by atoms with Gasteiger partial charge >= 0.3 is 6.09 Å². The van der Waals surface area contributed by atoms with Crippen molar-refractivity contribution in [2.24, 2.45) is 0 Å². The third-order valence-electron chi connectivity index (χ3n) is 10.6. The number of rotatable bonds is 15. The van der Waals surface area contributed by atoms with Crippen LogP contribution in [0.4, 0.5) is 4.79 Å². The number of hydrogen-bond donors (Lipinski definition) is 2. The number of hydrogen-bond acceptors (Lipinski definition) is 6. The molecule has 9 heteroatoms. The SMILES string of the molecule is C=CCOC1CC(NC[C@@H](O[Si](C)(C)C(C)(C)C)[C@H](Cc2ccccc2)NC(=O)O[Si](C)(C)C(C)(C)C)c2cc(Oc3ccccc3)ccc21. The molecule has 0 aromatic heterocycles. The fraction of sp³-hybridized carbons (Fsp3) is 0.488. The molecule has 0 spiro atoms. The molecular formula is C41H60N2O5Si2. The average Bonchev–Trinajstić information content (AvgIpc) is 3.37. The first-order valence-corrected chi connectivity index (χ1v) is 23.8. The number of carbonyl (C=O) groups is 1. The van der Waals surface area contributed by atoms with E-state index in [2.05, 4.69) is 109 Å². The Labute approximate surface area is 303 Å². The lowest BCUT2D eigenvalue weighted by Gasteiger charge is -2.42. The van der Waals surface area contributed by atoms with Gasteiger partial charge in [-0.05, 0) is 90.1 Å². The van der Waals surface area contributed by atoms with Crippen molar-refractivity contribution in [1.82, 2.24) is 10.6 Å². The Balaban J connectivity index is 1.66. The normalized spacial score (nSPS) is 17.8. The molecule has 1 amide bonds. The minimum atomic E-state index is -2.36. The standard InChI is InChI=1S/C41H60N2O5Si2/c1-12-25-45-37-28-35(34-27-32(23-24-33(34)37)46-31-21-17-14-18-22-31)42-29-38(47-49(8,9)40(2,3)4)36(26-30-19-15-13-16-20-30)43-39(44)48-50(10,11)41(5,6)7/h12-24,27,35-38,42H,1,25-26,28-29H2,2-11H3,(H,43,44)/t35?,36-,37?,38+/m0/s1. The topological polar surface area (TPSA) is 78.0 Å². The number of para-hydroxylation sites is 1. The zero-order valence-corrected chi connectivity index (χ0v) is 34.0. The lowest BCUT2D eigenvalue weighted by Crippen LogP contribution is -2.57. The summed E-state index contributed by atoms with van der Waals surface area (Å²) in [6.07, 6.45) is 2.37. The lowest BCUT2D eigenvalue weighted by atomic mass is 10.0. The highest BCUT2D eigenvalue weighted by molar-refractivity contribution is 6.75. The molecular weight excluding hydrogens is 657 g/mol. The Hall–Kier alpha value is -3.22. The van der Waals surface area contributed by atoms with Crippen LogP contribution in [-0.2, 0) is 20.0 Å². The quantitative estimate of drug-likeness (QED) is 0.120. The molecule has 2 N–H and O–H groups in total. The van der Waals surface area contributed by atoms with Crippen LogP contribution in [0, 0.1) is 0 Å². The number of amides is 1. The molecule has 0 saturated heterocycles. The molecule has 3 aromatic rings. The van der Waals surface area contributed by atoms with Crippen molar-refractivity contribution in [2.75, 3.05) is 13.2 Å². The Morgan fingerprint density at radius 1 is 0.860 bits per heavy atom. The maximum Gasteiger partial charge on any atom is 0.393 e. The van der Waals surface area contributed by atoms with E-state index in [0.29, 0.717) is 19.6 Å². The van der Waals surface area contributed by atoms with Crippen molar-refractivity contribution in [3.63, 3.8) is 0 Å². The van der Waals surface area contributed by atoms with Crippen molar-refractivity contribution in [3.8, 4) is 11.5 Å². The van der Waals surface area contributed by atoms with E-state index in [9.17, 15) is 4.79 Å². The van der Waals surface area contributed by atoms with Gasteiger partial charge in [0, 0.05) is 12.6 Å². The summed E-state index contributed by atoms with van der Waals surface area (Å²) in [6.45, 7) is 26.8. The maximum absolute atomic E-state index is 13.7. The van der Waals surface area contributed by atoms with Gasteiger partial charge in [-0.2, -0.15) is 0 Å². The minimum absolute atomic E-state index is 0.0128. The third kappa shape index (κ3) is 10.4. The Bertz CT molecular complexity index is 1550. The van der Waals surface area contributed by atoms with E-state index >= 15 is 0 Å². The van der Waals surface area contributed by atoms with Crippen molar-refractivity contribution in [3.05, 3.63) is 108 Å². The molecule has 0 heterocycles. The smallest absolute Gasteiger partial charge is 0.393 e. The molecule has 0 radical (unpaired) electrons. The summed E-state index contributed by atoms with van der Waals surface area (Å²) in [5.74, 6) is 1.56. The van der Waals surface area contributed by atoms with E-state index < -0.39 is 16.6 Å². The van der Waals surface area contributed by atoms with Crippen LogP contribution in [0.25, 0.3) is 0 Å². The second kappa shape index (κ2) is 16.4. The molecule has 2 unspecified atom stereocenters. The second-order valence-corrected chi connectivity index (χ2v) is 26.0. The summed E-state index contributed by atoms with van der Waals surface area (Å²) in [5.41, 5.74) is 3.41. The first-order valence-electron chi connectivity index (χ1n) is 17.9. The van der Waals surface area contributed by atoms with Gasteiger partial charge in [0.2, 0.25) is 0 Å². The van der Waals surface area contributed by atoms with E-state index in [1.807, 2.05) is 54.6 Å². The summed E-state index contributed by atoms with van der Waals surface area (Å²) < 4.78 is 26.0. The van der Waals surface area contributed by atoms with Crippen LogP contribution in [0.1, 0.15) is 76.8 Å². The molecule has 1 aliphatic carbocycles. The zero-order chi connectivity index (χ0) is 36.7. The molecule has 1 aliphatic rings. The summed E-state index contributed by atoms with van der Waals surface area (Å²) in [4.78, 5) is 13.7. The average molecular weight is 717 g/mol. The van der Waals surface area contributed by atoms with Crippen LogP contribution in [0.15, 0.2) is 91.5 Å². The van der Waals surface area contributed by atoms with E-state index in [4.69, 9.17) is 18.3 Å². The summed E-state index contributed by atoms with van der Waals surface area (Å²) in [5, 5.41) is 7.04. The van der Waals surface area contributed by atoms with Gasteiger partial charge < -0.3 is 29.0 Å². The third-order valence-corrected chi connectivity index (χ3v) is 19.5. The molecule has 4 atom stereocenters. The first kappa shape index (κ1) is 39.6. The highest BCUT2D eigenvalue weighted by atomic mass is 28.4. The largest absolute Gasteiger partial charge is 0.504 e. The zero-order valence-electron chi connectivity index (χ0n) is 32.0.